The number of benzene rings is 2. The van der Waals surface area contributed by atoms with Gasteiger partial charge in [0.15, 0.2) is 11.3 Å². The molecular weight excluding hydrogens is 372 g/mol. The highest BCUT2D eigenvalue weighted by Crippen LogP contribution is 2.41. The van der Waals surface area contributed by atoms with Crippen LogP contribution < -0.4 is 10.1 Å². The minimum Gasteiger partial charge on any atom is -0.493 e. The van der Waals surface area contributed by atoms with E-state index in [9.17, 15) is 14.4 Å². The van der Waals surface area contributed by atoms with Crippen molar-refractivity contribution in [3.8, 4) is 5.75 Å². The lowest BCUT2D eigenvalue weighted by molar-refractivity contribution is -0.132. The van der Waals surface area contributed by atoms with Crippen molar-refractivity contribution >= 4 is 28.7 Å². The lowest BCUT2D eigenvalue weighted by Crippen LogP contribution is -2.47. The average molecular weight is 390 g/mol. The number of ketones is 1. The molecule has 146 valence electrons. The van der Waals surface area contributed by atoms with Gasteiger partial charge in [0.2, 0.25) is 5.78 Å². The van der Waals surface area contributed by atoms with Crippen molar-refractivity contribution in [3.63, 3.8) is 0 Å². The predicted molar refractivity (Wildman–Crippen MR) is 104 cm³/mol. The van der Waals surface area contributed by atoms with Crippen LogP contribution in [0.2, 0.25) is 0 Å². The van der Waals surface area contributed by atoms with E-state index < -0.39 is 23.3 Å². The Kier molecular flexibility index (Phi) is 3.74. The quantitative estimate of drug-likeness (QED) is 0.548. The molecule has 3 heterocycles. The van der Waals surface area contributed by atoms with Gasteiger partial charge >= 0.3 is 6.03 Å². The maximum Gasteiger partial charge on any atom is 0.325 e. The van der Waals surface area contributed by atoms with Crippen molar-refractivity contribution in [2.75, 3.05) is 13.2 Å². The van der Waals surface area contributed by atoms with Crippen molar-refractivity contribution in [2.45, 2.75) is 18.9 Å². The summed E-state index contributed by atoms with van der Waals surface area (Å²) in [5.74, 6) is -0.131. The zero-order valence-corrected chi connectivity index (χ0v) is 15.7. The zero-order chi connectivity index (χ0) is 20.2. The summed E-state index contributed by atoms with van der Waals surface area (Å²) in [6.07, 6.45) is 0.308. The van der Waals surface area contributed by atoms with Crippen molar-refractivity contribution in [1.29, 1.82) is 0 Å². The van der Waals surface area contributed by atoms with Gasteiger partial charge in [0.25, 0.3) is 5.91 Å². The monoisotopic (exact) mass is 390 g/mol. The van der Waals surface area contributed by atoms with Gasteiger partial charge in [-0.25, -0.2) is 4.79 Å². The van der Waals surface area contributed by atoms with Crippen LogP contribution in [0.1, 0.15) is 28.1 Å². The van der Waals surface area contributed by atoms with Crippen molar-refractivity contribution in [2.24, 2.45) is 0 Å². The number of hydrogen-bond acceptors (Lipinski definition) is 5. The number of hydrogen-bond donors (Lipinski definition) is 1. The van der Waals surface area contributed by atoms with Crippen LogP contribution in [0.25, 0.3) is 11.0 Å². The van der Waals surface area contributed by atoms with Crippen LogP contribution in [0.5, 0.6) is 5.75 Å². The molecule has 7 heteroatoms. The van der Waals surface area contributed by atoms with Crippen molar-refractivity contribution in [1.82, 2.24) is 10.2 Å². The molecule has 0 bridgehead atoms. The molecule has 2 aliphatic heterocycles. The number of furan rings is 1. The van der Waals surface area contributed by atoms with Crippen LogP contribution in [0.3, 0.4) is 0 Å². The Morgan fingerprint density at radius 3 is 2.72 bits per heavy atom. The van der Waals surface area contributed by atoms with Gasteiger partial charge in [-0.15, -0.1) is 0 Å². The summed E-state index contributed by atoms with van der Waals surface area (Å²) in [4.78, 5) is 39.8. The van der Waals surface area contributed by atoms with Crippen LogP contribution in [0.4, 0.5) is 4.79 Å². The van der Waals surface area contributed by atoms with Gasteiger partial charge < -0.3 is 14.5 Å². The maximum atomic E-state index is 13.3. The van der Waals surface area contributed by atoms with E-state index in [2.05, 4.69) is 5.32 Å². The fraction of sp³-hybridized carbons (Fsp3) is 0.227. The number of fused-ring (bicyclic) bond motifs is 3. The summed E-state index contributed by atoms with van der Waals surface area (Å²) >= 11 is 0. The van der Waals surface area contributed by atoms with Crippen LogP contribution in [-0.2, 0) is 10.3 Å². The minimum absolute atomic E-state index is 0.167. The molecular formula is C22H18N2O5. The van der Waals surface area contributed by atoms with Crippen LogP contribution in [0.15, 0.2) is 52.9 Å². The number of urea groups is 1. The third-order valence-electron chi connectivity index (χ3n) is 5.66. The Morgan fingerprint density at radius 1 is 1.14 bits per heavy atom. The fourth-order valence-corrected chi connectivity index (χ4v) is 4.17. The molecule has 1 atom stereocenters. The molecule has 1 aromatic heterocycles. The molecule has 1 N–H and O–H groups in total. The summed E-state index contributed by atoms with van der Waals surface area (Å²) in [5, 5.41) is 3.63. The number of nitrogens with one attached hydrogen (secondary N) is 1. The van der Waals surface area contributed by atoms with Gasteiger partial charge in [-0.05, 0) is 19.1 Å². The first-order chi connectivity index (χ1) is 14.0. The summed E-state index contributed by atoms with van der Waals surface area (Å²) in [5.41, 5.74) is 0.707. The minimum atomic E-state index is -1.20. The molecule has 5 rings (SSSR count). The number of para-hydroxylation sites is 2. The number of amides is 3. The number of rotatable bonds is 3. The number of carbonyl (C=O) groups excluding carboxylic acids is 3. The van der Waals surface area contributed by atoms with Gasteiger partial charge in [-0.2, -0.15) is 0 Å². The normalized spacial score (nSPS) is 20.7. The number of aryl methyl sites for hydroxylation is 1. The van der Waals surface area contributed by atoms with E-state index in [0.29, 0.717) is 35.5 Å². The van der Waals surface area contributed by atoms with Gasteiger partial charge in [-0.3, -0.25) is 14.5 Å². The van der Waals surface area contributed by atoms with E-state index in [-0.39, 0.29) is 12.3 Å². The molecule has 1 spiro atoms. The molecule has 0 unspecified atom stereocenters. The lowest BCUT2D eigenvalue weighted by atomic mass is 9.84. The van der Waals surface area contributed by atoms with Crippen LogP contribution in [-0.4, -0.2) is 35.8 Å². The standard InChI is InChI=1S/C22H18N2O5/c1-13-14-6-2-4-8-17(14)29-19(13)16(25)12-24-20(26)22(23-21(24)27)10-11-28-18-9-5-3-7-15(18)22/h2-9H,10-12H2,1H3,(H,23,27)/t22-/m1/s1. The average Bonchev–Trinajstić information content (AvgIpc) is 3.19. The smallest absolute Gasteiger partial charge is 0.325 e. The largest absolute Gasteiger partial charge is 0.493 e. The molecule has 29 heavy (non-hydrogen) atoms. The van der Waals surface area contributed by atoms with Crippen LogP contribution >= 0.6 is 0 Å². The zero-order valence-electron chi connectivity index (χ0n) is 15.7. The molecule has 2 aliphatic rings. The summed E-state index contributed by atoms with van der Waals surface area (Å²) < 4.78 is 11.3. The molecule has 3 aromatic rings. The lowest BCUT2D eigenvalue weighted by Gasteiger charge is -2.33. The van der Waals surface area contributed by atoms with Gasteiger partial charge in [0.1, 0.15) is 11.3 Å². The second-order valence-corrected chi connectivity index (χ2v) is 7.30. The van der Waals surface area contributed by atoms with E-state index >= 15 is 0 Å². The third kappa shape index (κ3) is 2.47. The topological polar surface area (TPSA) is 88.9 Å². The molecule has 0 saturated carbocycles. The fourth-order valence-electron chi connectivity index (χ4n) is 4.17. The van der Waals surface area contributed by atoms with Crippen LogP contribution in [0, 0.1) is 6.92 Å². The Balaban J connectivity index is 1.47. The van der Waals surface area contributed by atoms with E-state index in [4.69, 9.17) is 9.15 Å². The molecule has 3 amide bonds. The molecule has 0 aliphatic carbocycles. The predicted octanol–water partition coefficient (Wildman–Crippen LogP) is 3.15. The highest BCUT2D eigenvalue weighted by Gasteiger charge is 2.55. The second-order valence-electron chi connectivity index (χ2n) is 7.30. The van der Waals surface area contributed by atoms with Gasteiger partial charge in [0, 0.05) is 22.9 Å². The first kappa shape index (κ1) is 17.5. The molecule has 1 saturated heterocycles. The molecule has 1 fully saturated rings. The summed E-state index contributed by atoms with van der Waals surface area (Å²) in [6.45, 7) is 1.71. The Hall–Kier alpha value is -3.61. The molecule has 0 radical (unpaired) electrons. The Morgan fingerprint density at radius 2 is 1.90 bits per heavy atom. The second kappa shape index (κ2) is 6.20. The number of imide groups is 1. The molecule has 2 aromatic carbocycles. The number of ether oxygens (including phenoxy) is 1. The van der Waals surface area contributed by atoms with E-state index in [0.717, 1.165) is 10.3 Å². The third-order valence-corrected chi connectivity index (χ3v) is 5.66. The SMILES string of the molecule is Cc1c(C(=O)CN2C(=O)N[C@@]3(CCOc4ccccc43)C2=O)oc2ccccc12. The first-order valence-electron chi connectivity index (χ1n) is 9.39. The van der Waals surface area contributed by atoms with E-state index in [1.165, 1.54) is 0 Å². The van der Waals surface area contributed by atoms with Gasteiger partial charge in [0.05, 0.1) is 13.2 Å². The Labute approximate surface area is 166 Å². The number of carbonyl (C=O) groups is 3. The Bertz CT molecular complexity index is 1180. The summed E-state index contributed by atoms with van der Waals surface area (Å²) in [6, 6.07) is 13.9. The van der Waals surface area contributed by atoms with E-state index in [1.54, 1.807) is 31.2 Å². The first-order valence-corrected chi connectivity index (χ1v) is 9.39. The number of nitrogens with zero attached hydrogens (tertiary/aromatic N) is 1. The summed E-state index contributed by atoms with van der Waals surface area (Å²) in [7, 11) is 0. The van der Waals surface area contributed by atoms with Crippen molar-refractivity contribution < 1.29 is 23.5 Å². The van der Waals surface area contributed by atoms with Gasteiger partial charge in [-0.1, -0.05) is 36.4 Å². The molecule has 7 nitrogen and oxygen atoms in total. The number of Topliss-reactive ketones (excluding diaryl/α,β-unsaturated/α-hetero) is 1. The highest BCUT2D eigenvalue weighted by atomic mass is 16.5. The highest BCUT2D eigenvalue weighted by molar-refractivity contribution is 6.12. The maximum absolute atomic E-state index is 13.3. The van der Waals surface area contributed by atoms with Crippen molar-refractivity contribution in [3.05, 3.63) is 65.4 Å². The van der Waals surface area contributed by atoms with E-state index in [1.807, 2.05) is 24.3 Å².